The number of carbonyl (C=O) groups excluding carboxylic acids is 3. The first kappa shape index (κ1) is 20.6. The number of hydrogen-bond donors (Lipinski definition) is 2. The summed E-state index contributed by atoms with van der Waals surface area (Å²) in [5, 5.41) is 4.47. The zero-order valence-corrected chi connectivity index (χ0v) is 15.4. The predicted molar refractivity (Wildman–Crippen MR) is 98.6 cm³/mol. The number of benzene rings is 1. The highest BCUT2D eigenvalue weighted by atomic mass is 16.5. The van der Waals surface area contributed by atoms with Crippen LogP contribution in [0.2, 0.25) is 0 Å². The minimum absolute atomic E-state index is 0.125. The van der Waals surface area contributed by atoms with Gasteiger partial charge in [0, 0.05) is 6.08 Å². The molecular formula is C19H20N2O7. The molecule has 0 unspecified atom stereocenters. The van der Waals surface area contributed by atoms with Gasteiger partial charge >= 0.3 is 12.0 Å². The molecule has 3 amide bonds. The van der Waals surface area contributed by atoms with Crippen LogP contribution in [0, 0.1) is 0 Å². The highest BCUT2D eigenvalue weighted by Gasteiger charge is 2.10. The Hall–Kier alpha value is -3.75. The Morgan fingerprint density at radius 2 is 1.89 bits per heavy atom. The van der Waals surface area contributed by atoms with Gasteiger partial charge in [0.1, 0.15) is 5.76 Å². The quantitative estimate of drug-likeness (QED) is 0.524. The van der Waals surface area contributed by atoms with Crippen molar-refractivity contribution in [3.05, 3.63) is 54.0 Å². The average molecular weight is 388 g/mol. The summed E-state index contributed by atoms with van der Waals surface area (Å²) in [6.07, 6.45) is 4.12. The van der Waals surface area contributed by atoms with Crippen LogP contribution < -0.4 is 20.1 Å². The molecule has 0 spiro atoms. The van der Waals surface area contributed by atoms with E-state index in [4.69, 9.17) is 18.6 Å². The molecule has 0 saturated carbocycles. The Labute approximate surface area is 161 Å². The number of ether oxygens (including phenoxy) is 3. The standard InChI is InChI=1S/C19H20N2O7/c1-25-15-7-5-13(10-16(15)26-2)6-8-18(23)28-12-17(22)21-19(24)20-11-14-4-3-9-27-14/h3-10H,11-12H2,1-2H3,(H2,20,21,22,24)/b8-6+. The summed E-state index contributed by atoms with van der Waals surface area (Å²) in [4.78, 5) is 34.9. The van der Waals surface area contributed by atoms with Crippen molar-refractivity contribution in [1.82, 2.24) is 10.6 Å². The summed E-state index contributed by atoms with van der Waals surface area (Å²) in [5.74, 6) is 0.113. The number of nitrogens with one attached hydrogen (secondary N) is 2. The maximum atomic E-state index is 11.7. The van der Waals surface area contributed by atoms with Gasteiger partial charge < -0.3 is 23.9 Å². The lowest BCUT2D eigenvalue weighted by Gasteiger charge is -2.07. The molecule has 1 aromatic heterocycles. The van der Waals surface area contributed by atoms with E-state index in [2.05, 4.69) is 5.32 Å². The van der Waals surface area contributed by atoms with Crippen LogP contribution in [0.3, 0.4) is 0 Å². The minimum Gasteiger partial charge on any atom is -0.493 e. The van der Waals surface area contributed by atoms with Gasteiger partial charge in [0.05, 0.1) is 27.0 Å². The number of furan rings is 1. The van der Waals surface area contributed by atoms with E-state index in [0.717, 1.165) is 6.08 Å². The zero-order chi connectivity index (χ0) is 20.4. The minimum atomic E-state index is -0.759. The van der Waals surface area contributed by atoms with E-state index >= 15 is 0 Å². The molecule has 0 saturated heterocycles. The van der Waals surface area contributed by atoms with Crippen molar-refractivity contribution in [3.63, 3.8) is 0 Å². The molecule has 9 heteroatoms. The smallest absolute Gasteiger partial charge is 0.331 e. The normalized spacial score (nSPS) is 10.4. The molecule has 148 valence electrons. The van der Waals surface area contributed by atoms with Crippen LogP contribution in [0.15, 0.2) is 47.1 Å². The van der Waals surface area contributed by atoms with E-state index < -0.39 is 24.5 Å². The maximum Gasteiger partial charge on any atom is 0.331 e. The van der Waals surface area contributed by atoms with Crippen molar-refractivity contribution in [2.24, 2.45) is 0 Å². The second kappa shape index (κ2) is 10.4. The molecule has 2 N–H and O–H groups in total. The lowest BCUT2D eigenvalue weighted by atomic mass is 10.2. The summed E-state index contributed by atoms with van der Waals surface area (Å²) >= 11 is 0. The fourth-order valence-corrected chi connectivity index (χ4v) is 2.09. The van der Waals surface area contributed by atoms with Gasteiger partial charge in [-0.2, -0.15) is 0 Å². The van der Waals surface area contributed by atoms with Crippen molar-refractivity contribution in [2.75, 3.05) is 20.8 Å². The van der Waals surface area contributed by atoms with Gasteiger partial charge in [0.25, 0.3) is 5.91 Å². The van der Waals surface area contributed by atoms with Gasteiger partial charge in [-0.25, -0.2) is 9.59 Å². The van der Waals surface area contributed by atoms with Gasteiger partial charge in [-0.1, -0.05) is 6.07 Å². The van der Waals surface area contributed by atoms with Crippen LogP contribution >= 0.6 is 0 Å². The van der Waals surface area contributed by atoms with Crippen molar-refractivity contribution >= 4 is 24.0 Å². The molecule has 0 aliphatic rings. The molecule has 9 nitrogen and oxygen atoms in total. The number of carbonyl (C=O) groups is 3. The number of hydrogen-bond acceptors (Lipinski definition) is 7. The summed E-state index contributed by atoms with van der Waals surface area (Å²) in [6, 6.07) is 7.72. The van der Waals surface area contributed by atoms with Crippen LogP contribution in [0.4, 0.5) is 4.79 Å². The number of urea groups is 1. The monoisotopic (exact) mass is 388 g/mol. The average Bonchev–Trinajstić information content (AvgIpc) is 3.22. The summed E-state index contributed by atoms with van der Waals surface area (Å²) in [6.45, 7) is -0.469. The van der Waals surface area contributed by atoms with E-state index in [-0.39, 0.29) is 6.54 Å². The number of amides is 3. The van der Waals surface area contributed by atoms with Crippen LogP contribution in [0.25, 0.3) is 6.08 Å². The van der Waals surface area contributed by atoms with Crippen LogP contribution in [-0.2, 0) is 20.9 Å². The lowest BCUT2D eigenvalue weighted by Crippen LogP contribution is -2.41. The third kappa shape index (κ3) is 6.52. The van der Waals surface area contributed by atoms with E-state index in [1.807, 2.05) is 5.32 Å². The number of imide groups is 1. The third-order valence-electron chi connectivity index (χ3n) is 3.42. The predicted octanol–water partition coefficient (Wildman–Crippen LogP) is 1.88. The van der Waals surface area contributed by atoms with Crippen LogP contribution in [0.5, 0.6) is 11.5 Å². The molecule has 0 atom stereocenters. The van der Waals surface area contributed by atoms with Gasteiger partial charge in [-0.3, -0.25) is 10.1 Å². The van der Waals surface area contributed by atoms with Gasteiger partial charge in [0.15, 0.2) is 18.1 Å². The van der Waals surface area contributed by atoms with Crippen molar-refractivity contribution in [2.45, 2.75) is 6.54 Å². The fraction of sp³-hybridized carbons (Fsp3) is 0.211. The molecule has 0 fully saturated rings. The second-order valence-corrected chi connectivity index (χ2v) is 5.37. The van der Waals surface area contributed by atoms with E-state index in [0.29, 0.717) is 22.8 Å². The largest absolute Gasteiger partial charge is 0.493 e. The van der Waals surface area contributed by atoms with Crippen LogP contribution in [-0.4, -0.2) is 38.7 Å². The highest BCUT2D eigenvalue weighted by molar-refractivity contribution is 5.96. The molecule has 0 aliphatic heterocycles. The molecule has 28 heavy (non-hydrogen) atoms. The Morgan fingerprint density at radius 3 is 2.57 bits per heavy atom. The number of rotatable bonds is 8. The first-order valence-corrected chi connectivity index (χ1v) is 8.18. The van der Waals surface area contributed by atoms with E-state index in [9.17, 15) is 14.4 Å². The van der Waals surface area contributed by atoms with Gasteiger partial charge in [-0.15, -0.1) is 0 Å². The molecule has 0 radical (unpaired) electrons. The molecule has 1 aromatic carbocycles. The van der Waals surface area contributed by atoms with Crippen molar-refractivity contribution < 1.29 is 33.0 Å². The molecule has 0 aliphatic carbocycles. The Balaban J connectivity index is 1.74. The first-order chi connectivity index (χ1) is 13.5. The lowest BCUT2D eigenvalue weighted by molar-refractivity contribution is -0.143. The molecule has 1 heterocycles. The molecule has 2 rings (SSSR count). The zero-order valence-electron chi connectivity index (χ0n) is 15.4. The Kier molecular flexibility index (Phi) is 7.64. The molecule has 2 aromatic rings. The summed E-state index contributed by atoms with van der Waals surface area (Å²) in [5.41, 5.74) is 0.677. The topological polar surface area (TPSA) is 116 Å². The number of esters is 1. The number of methoxy groups -OCH3 is 2. The summed E-state index contributed by atoms with van der Waals surface area (Å²) in [7, 11) is 3.02. The molecule has 0 bridgehead atoms. The van der Waals surface area contributed by atoms with Gasteiger partial charge in [0.2, 0.25) is 0 Å². The van der Waals surface area contributed by atoms with Crippen molar-refractivity contribution in [3.8, 4) is 11.5 Å². The first-order valence-electron chi connectivity index (χ1n) is 8.18. The van der Waals surface area contributed by atoms with Crippen LogP contribution in [0.1, 0.15) is 11.3 Å². The van der Waals surface area contributed by atoms with E-state index in [1.54, 1.807) is 30.3 Å². The summed E-state index contributed by atoms with van der Waals surface area (Å²) < 4.78 is 20.1. The highest BCUT2D eigenvalue weighted by Crippen LogP contribution is 2.27. The fourth-order valence-electron chi connectivity index (χ4n) is 2.09. The third-order valence-corrected chi connectivity index (χ3v) is 3.42. The second-order valence-electron chi connectivity index (χ2n) is 5.37. The molecular weight excluding hydrogens is 368 g/mol. The Bertz CT molecular complexity index is 844. The van der Waals surface area contributed by atoms with Crippen molar-refractivity contribution in [1.29, 1.82) is 0 Å². The van der Waals surface area contributed by atoms with E-state index in [1.165, 1.54) is 26.6 Å². The Morgan fingerprint density at radius 1 is 1.11 bits per heavy atom. The SMILES string of the molecule is COc1ccc(/C=C/C(=O)OCC(=O)NC(=O)NCc2ccco2)cc1OC. The van der Waals surface area contributed by atoms with Gasteiger partial charge in [-0.05, 0) is 35.9 Å². The maximum absolute atomic E-state index is 11.7.